The zero-order valence-electron chi connectivity index (χ0n) is 50.6. The Balaban J connectivity index is 0.979. The van der Waals surface area contributed by atoms with E-state index in [-0.39, 0.29) is 63.6 Å². The number of rotatable bonds is 37. The van der Waals surface area contributed by atoms with E-state index in [1.165, 1.54) is 95.5 Å². The lowest BCUT2D eigenvalue weighted by Gasteiger charge is -2.44. The second-order valence-electron chi connectivity index (χ2n) is 22.9. The van der Waals surface area contributed by atoms with Gasteiger partial charge in [-0.05, 0) is 124 Å². The number of unbranched alkanes of at least 4 members (excludes halogenated alkanes) is 15. The van der Waals surface area contributed by atoms with E-state index in [0.29, 0.717) is 37.3 Å². The molecule has 3 atom stereocenters. The molecule has 450 valence electrons. The average Bonchev–Trinajstić information content (AvgIpc) is 3.25. The zero-order chi connectivity index (χ0) is 58.7. The van der Waals surface area contributed by atoms with Crippen LogP contribution in [0.5, 0.6) is 23.0 Å². The number of likely N-dealkylation sites (tertiary alicyclic amines) is 1. The molecular weight excluding hydrogens is 1040 g/mol. The van der Waals surface area contributed by atoms with Crippen molar-refractivity contribution in [3.05, 3.63) is 118 Å². The Morgan fingerprint density at radius 2 is 1.28 bits per heavy atom. The highest BCUT2D eigenvalue weighted by molar-refractivity contribution is 5.78. The van der Waals surface area contributed by atoms with Crippen molar-refractivity contribution in [2.75, 3.05) is 40.5 Å². The lowest BCUT2D eigenvalue weighted by Crippen LogP contribution is -2.52. The van der Waals surface area contributed by atoms with Crippen molar-refractivity contribution in [1.82, 2.24) is 10.2 Å². The van der Waals surface area contributed by atoms with Crippen molar-refractivity contribution in [3.8, 4) is 23.0 Å². The van der Waals surface area contributed by atoms with Gasteiger partial charge < -0.3 is 48.5 Å². The third-order valence-electron chi connectivity index (χ3n) is 16.8. The minimum absolute atomic E-state index is 0.0829. The molecule has 14 heteroatoms. The van der Waals surface area contributed by atoms with E-state index in [2.05, 4.69) is 39.9 Å². The van der Waals surface area contributed by atoms with Gasteiger partial charge >= 0.3 is 18.0 Å². The van der Waals surface area contributed by atoms with Gasteiger partial charge in [-0.15, -0.1) is 0 Å². The van der Waals surface area contributed by atoms with Crippen molar-refractivity contribution in [2.45, 2.75) is 219 Å². The number of hydrogen-bond donors (Lipinski definition) is 2. The first-order valence-electron chi connectivity index (χ1n) is 30.7. The summed E-state index contributed by atoms with van der Waals surface area (Å²) < 4.78 is 42.9. The third kappa shape index (κ3) is 19.1. The van der Waals surface area contributed by atoms with Gasteiger partial charge in [0.15, 0.2) is 0 Å². The van der Waals surface area contributed by atoms with Crippen molar-refractivity contribution in [1.29, 1.82) is 0 Å². The molecule has 0 radical (unpaired) electrons. The number of methoxy groups -OCH3 is 2. The summed E-state index contributed by atoms with van der Waals surface area (Å²) in [7, 11) is 3.19. The molecule has 0 saturated carbocycles. The molecule has 1 saturated heterocycles. The number of carboxylic acids is 1. The molecule has 1 fully saturated rings. The van der Waals surface area contributed by atoms with Crippen molar-refractivity contribution >= 4 is 23.9 Å². The van der Waals surface area contributed by atoms with Crippen LogP contribution in [0.1, 0.15) is 200 Å². The Morgan fingerprint density at radius 3 is 1.87 bits per heavy atom. The van der Waals surface area contributed by atoms with E-state index >= 15 is 0 Å². The van der Waals surface area contributed by atoms with Gasteiger partial charge in [-0.25, -0.2) is 4.79 Å². The highest BCUT2D eigenvalue weighted by Crippen LogP contribution is 2.47. The van der Waals surface area contributed by atoms with Crippen LogP contribution in [-0.4, -0.2) is 92.2 Å². The first-order valence-corrected chi connectivity index (χ1v) is 30.7. The van der Waals surface area contributed by atoms with E-state index < -0.39 is 35.8 Å². The second kappa shape index (κ2) is 33.7. The minimum Gasteiger partial charge on any atom is -0.497 e. The normalized spacial score (nSPS) is 16.7. The Labute approximate surface area is 489 Å². The first kappa shape index (κ1) is 64.9. The fourth-order valence-electron chi connectivity index (χ4n) is 11.9. The maximum Gasteiger partial charge on any atom is 0.407 e. The van der Waals surface area contributed by atoms with Crippen molar-refractivity contribution in [2.24, 2.45) is 0 Å². The van der Waals surface area contributed by atoms with Crippen molar-refractivity contribution < 1.29 is 57.4 Å². The predicted octanol–water partition coefficient (Wildman–Crippen LogP) is 14.8. The number of esters is 1. The maximum atomic E-state index is 14.7. The number of carbonyl (C=O) groups is 4. The smallest absolute Gasteiger partial charge is 0.407 e. The molecule has 6 rings (SSSR count). The lowest BCUT2D eigenvalue weighted by molar-refractivity contribution is -0.152. The van der Waals surface area contributed by atoms with Crippen LogP contribution in [-0.2, 0) is 47.2 Å². The second-order valence-corrected chi connectivity index (χ2v) is 22.9. The number of alkyl carbamates (subject to hydrolysis) is 1. The van der Waals surface area contributed by atoms with Gasteiger partial charge in [0.2, 0.25) is 5.91 Å². The number of benzene rings is 4. The molecule has 0 aromatic heterocycles. The molecule has 14 nitrogen and oxygen atoms in total. The van der Waals surface area contributed by atoms with Gasteiger partial charge in [-0.1, -0.05) is 151 Å². The summed E-state index contributed by atoms with van der Waals surface area (Å²) in [6.45, 7) is 11.8. The number of nitrogens with zero attached hydrogens (tertiary/aromatic N) is 1. The number of ether oxygens (including phenoxy) is 7. The van der Waals surface area contributed by atoms with Gasteiger partial charge in [-0.3, -0.25) is 14.4 Å². The number of hydrogen-bond acceptors (Lipinski definition) is 11. The van der Waals surface area contributed by atoms with Gasteiger partial charge in [0.05, 0.1) is 46.3 Å². The zero-order valence-corrected chi connectivity index (χ0v) is 50.6. The molecule has 0 spiro atoms. The summed E-state index contributed by atoms with van der Waals surface area (Å²) in [5.41, 5.74) is 5.39. The molecular formula is C68H96N2O12. The summed E-state index contributed by atoms with van der Waals surface area (Å²) >= 11 is 0. The van der Waals surface area contributed by atoms with Crippen LogP contribution in [0.4, 0.5) is 4.79 Å². The van der Waals surface area contributed by atoms with Crippen molar-refractivity contribution in [3.63, 3.8) is 0 Å². The van der Waals surface area contributed by atoms with Crippen LogP contribution in [0.25, 0.3) is 0 Å². The van der Waals surface area contributed by atoms with Gasteiger partial charge in [0, 0.05) is 24.9 Å². The van der Waals surface area contributed by atoms with Crippen LogP contribution in [0.2, 0.25) is 0 Å². The van der Waals surface area contributed by atoms with E-state index in [9.17, 15) is 24.3 Å². The van der Waals surface area contributed by atoms with Crippen LogP contribution >= 0.6 is 0 Å². The molecule has 2 heterocycles. The number of aliphatic carboxylic acids is 1. The molecule has 2 amide bonds. The molecule has 2 aliphatic heterocycles. The Morgan fingerprint density at radius 1 is 0.695 bits per heavy atom. The van der Waals surface area contributed by atoms with E-state index in [1.807, 2.05) is 78.9 Å². The van der Waals surface area contributed by atoms with E-state index in [4.69, 9.17) is 33.2 Å². The molecule has 3 unspecified atom stereocenters. The Kier molecular flexibility index (Phi) is 26.7. The van der Waals surface area contributed by atoms with Gasteiger partial charge in [0.25, 0.3) is 0 Å². The van der Waals surface area contributed by atoms with Crippen LogP contribution in [0, 0.1) is 20.8 Å². The Bertz CT molecular complexity index is 2540. The minimum atomic E-state index is -1.29. The predicted molar refractivity (Wildman–Crippen MR) is 321 cm³/mol. The summed E-state index contributed by atoms with van der Waals surface area (Å²) in [6.07, 6.45) is 22.2. The lowest BCUT2D eigenvalue weighted by atomic mass is 9.78. The van der Waals surface area contributed by atoms with Crippen LogP contribution in [0.3, 0.4) is 0 Å². The first-order chi connectivity index (χ1) is 39.7. The fourth-order valence-corrected chi connectivity index (χ4v) is 11.9. The standard InChI is InChI=1S/C68H96N2O12/c1-8-9-10-11-12-13-14-15-16-17-18-19-20-26-42-67(5)43-41-59-52(4)64(50(2)51(3)65(59)82-67)78-45-46-79-66(75)69-44-27-22-25-30-61(71)70-48-58(81-63(74)40-39-62(72)73)47-60(70)68(54-31-35-56(76-6)36-32-54,55-33-37-57(77-7)38-34-55)80-49-53-28-23-21-24-29-53/h21,23-24,28-29,31-38,58,60H,8-20,22,25-27,30,39-49H2,1-7H3,(H,69,75)(H,72,73). The maximum absolute atomic E-state index is 14.7. The number of carbonyl (C=O) groups excluding carboxylic acids is 3. The fraction of sp³-hybridized carbons (Fsp3) is 0.588. The molecule has 2 aliphatic rings. The quantitative estimate of drug-likeness (QED) is 0.0324. The highest BCUT2D eigenvalue weighted by Gasteiger charge is 2.53. The van der Waals surface area contributed by atoms with Crippen LogP contribution in [0.15, 0.2) is 78.9 Å². The third-order valence-corrected chi connectivity index (χ3v) is 16.8. The largest absolute Gasteiger partial charge is 0.497 e. The SMILES string of the molecule is CCCCCCCCCCCCCCCCC1(C)CCc2c(C)c(OCCOC(=O)NCCCCCC(=O)N3CC(OC(=O)CCC(=O)O)CC3C(OCc3ccccc3)(c3ccc(OC)cc3)c3ccc(OC)cc3)c(C)c(C)c2O1. The highest BCUT2D eigenvalue weighted by atomic mass is 16.6. The molecule has 2 N–H and O–H groups in total. The van der Waals surface area contributed by atoms with E-state index in [1.54, 1.807) is 19.1 Å². The molecule has 0 bridgehead atoms. The monoisotopic (exact) mass is 1130 g/mol. The summed E-state index contributed by atoms with van der Waals surface area (Å²) in [5, 5.41) is 12.1. The average molecular weight is 1130 g/mol. The summed E-state index contributed by atoms with van der Waals surface area (Å²) in [5.74, 6) is 1.20. The Hall–Kier alpha value is -6.28. The number of amides is 2. The molecule has 4 aromatic rings. The number of carboxylic acid groups (broad SMARTS) is 1. The van der Waals surface area contributed by atoms with Gasteiger partial charge in [-0.2, -0.15) is 0 Å². The molecule has 82 heavy (non-hydrogen) atoms. The molecule has 4 aromatic carbocycles. The summed E-state index contributed by atoms with van der Waals surface area (Å²) in [6, 6.07) is 24.2. The van der Waals surface area contributed by atoms with Crippen LogP contribution < -0.4 is 24.3 Å². The topological polar surface area (TPSA) is 168 Å². The number of nitrogens with one attached hydrogen (secondary N) is 1. The van der Waals surface area contributed by atoms with Gasteiger partial charge in [0.1, 0.15) is 53.5 Å². The van der Waals surface area contributed by atoms with E-state index in [0.717, 1.165) is 64.1 Å². The summed E-state index contributed by atoms with van der Waals surface area (Å²) in [4.78, 5) is 53.7. The number of fused-ring (bicyclic) bond motifs is 1. The molecule has 0 aliphatic carbocycles.